The van der Waals surface area contributed by atoms with Gasteiger partial charge in [0.05, 0.1) is 5.39 Å². The molecule has 0 saturated carbocycles. The first-order chi connectivity index (χ1) is 14.1. The van der Waals surface area contributed by atoms with Crippen molar-refractivity contribution in [3.63, 3.8) is 0 Å². The molecule has 4 aromatic rings. The van der Waals surface area contributed by atoms with Crippen molar-refractivity contribution >= 4 is 28.5 Å². The number of fused-ring (bicyclic) bond motifs is 1. The van der Waals surface area contributed by atoms with E-state index in [1.165, 1.54) is 0 Å². The Bertz CT molecular complexity index is 1090. The van der Waals surface area contributed by atoms with Gasteiger partial charge in [0.25, 0.3) is 0 Å². The van der Waals surface area contributed by atoms with Crippen LogP contribution in [0.3, 0.4) is 0 Å². The zero-order valence-electron chi connectivity index (χ0n) is 16.6. The molecule has 29 heavy (non-hydrogen) atoms. The lowest BCUT2D eigenvalue weighted by atomic mass is 10.1. The Labute approximate surface area is 176 Å². The van der Waals surface area contributed by atoms with Gasteiger partial charge in [-0.3, -0.25) is 0 Å². The lowest BCUT2D eigenvalue weighted by molar-refractivity contribution is 0.405. The van der Waals surface area contributed by atoms with Crippen LogP contribution in [-0.4, -0.2) is 46.6 Å². The van der Waals surface area contributed by atoms with Gasteiger partial charge in [-0.25, -0.2) is 9.97 Å². The van der Waals surface area contributed by atoms with E-state index in [4.69, 9.17) is 11.6 Å². The summed E-state index contributed by atoms with van der Waals surface area (Å²) in [7, 11) is 4.17. The number of hydrogen-bond acceptors (Lipinski definition) is 4. The molecule has 0 aliphatic heterocycles. The highest BCUT2D eigenvalue weighted by molar-refractivity contribution is 6.30. The van der Waals surface area contributed by atoms with Crippen LogP contribution in [0.15, 0.2) is 67.1 Å². The van der Waals surface area contributed by atoms with E-state index >= 15 is 0 Å². The number of benzene rings is 2. The van der Waals surface area contributed by atoms with Gasteiger partial charge in [-0.15, -0.1) is 0 Å². The molecule has 0 atom stereocenters. The summed E-state index contributed by atoms with van der Waals surface area (Å²) in [4.78, 5) is 11.4. The Balaban J connectivity index is 1.81. The maximum Gasteiger partial charge on any atom is 0.150 e. The highest BCUT2D eigenvalue weighted by Gasteiger charge is 2.17. The highest BCUT2D eigenvalue weighted by atomic mass is 35.5. The Morgan fingerprint density at radius 1 is 1.00 bits per heavy atom. The summed E-state index contributed by atoms with van der Waals surface area (Å²) in [5.74, 6) is 0.861. The molecule has 2 aromatic heterocycles. The number of halogens is 1. The van der Waals surface area contributed by atoms with E-state index < -0.39 is 0 Å². The van der Waals surface area contributed by atoms with Crippen molar-refractivity contribution in [1.82, 2.24) is 19.4 Å². The first kappa shape index (κ1) is 19.4. The summed E-state index contributed by atoms with van der Waals surface area (Å²) in [6.45, 7) is 1.88. The fraction of sp³-hybridized carbons (Fsp3) is 0.217. The van der Waals surface area contributed by atoms with Crippen molar-refractivity contribution in [1.29, 1.82) is 0 Å². The van der Waals surface area contributed by atoms with Crippen molar-refractivity contribution in [3.05, 3.63) is 72.1 Å². The number of rotatable bonds is 7. The molecule has 0 aliphatic carbocycles. The van der Waals surface area contributed by atoms with Crippen LogP contribution in [0.2, 0.25) is 5.02 Å². The second-order valence-corrected chi connectivity index (χ2v) is 7.70. The summed E-state index contributed by atoms with van der Waals surface area (Å²) >= 11 is 6.09. The average Bonchev–Trinajstić information content (AvgIpc) is 3.13. The van der Waals surface area contributed by atoms with Crippen molar-refractivity contribution in [2.24, 2.45) is 0 Å². The van der Waals surface area contributed by atoms with Gasteiger partial charge in [0.2, 0.25) is 0 Å². The summed E-state index contributed by atoms with van der Waals surface area (Å²) in [6.07, 6.45) is 4.79. The molecule has 0 amide bonds. The Kier molecular flexibility index (Phi) is 5.79. The molecular formula is C23H24ClN5. The average molecular weight is 406 g/mol. The normalized spacial score (nSPS) is 11.3. The predicted octanol–water partition coefficient (Wildman–Crippen LogP) is 5.10. The Morgan fingerprint density at radius 2 is 1.76 bits per heavy atom. The van der Waals surface area contributed by atoms with Crippen molar-refractivity contribution in [2.75, 3.05) is 32.5 Å². The van der Waals surface area contributed by atoms with Crippen LogP contribution in [0, 0.1) is 0 Å². The van der Waals surface area contributed by atoms with Crippen LogP contribution < -0.4 is 5.32 Å². The number of hydrogen-bond donors (Lipinski definition) is 1. The van der Waals surface area contributed by atoms with Crippen molar-refractivity contribution in [2.45, 2.75) is 6.42 Å². The minimum Gasteiger partial charge on any atom is -0.369 e. The molecule has 148 valence electrons. The largest absolute Gasteiger partial charge is 0.369 e. The zero-order chi connectivity index (χ0) is 20.2. The second kappa shape index (κ2) is 8.64. The van der Waals surface area contributed by atoms with E-state index in [0.29, 0.717) is 5.02 Å². The van der Waals surface area contributed by atoms with Gasteiger partial charge in [-0.2, -0.15) is 0 Å². The quantitative estimate of drug-likeness (QED) is 0.434. The van der Waals surface area contributed by atoms with Crippen molar-refractivity contribution in [3.8, 4) is 16.8 Å². The third-order valence-electron chi connectivity index (χ3n) is 4.85. The van der Waals surface area contributed by atoms with E-state index in [9.17, 15) is 0 Å². The van der Waals surface area contributed by atoms with Crippen LogP contribution in [-0.2, 0) is 0 Å². The third-order valence-corrected chi connectivity index (χ3v) is 5.10. The predicted molar refractivity (Wildman–Crippen MR) is 121 cm³/mol. The molecule has 0 saturated heterocycles. The Hall–Kier alpha value is -2.89. The van der Waals surface area contributed by atoms with Crippen LogP contribution in [0.1, 0.15) is 6.42 Å². The molecule has 0 radical (unpaired) electrons. The maximum atomic E-state index is 6.09. The summed E-state index contributed by atoms with van der Waals surface area (Å²) in [5, 5.41) is 5.26. The minimum atomic E-state index is 0.714. The van der Waals surface area contributed by atoms with Gasteiger partial charge >= 0.3 is 0 Å². The van der Waals surface area contributed by atoms with Crippen LogP contribution in [0.5, 0.6) is 0 Å². The fourth-order valence-corrected chi connectivity index (χ4v) is 3.56. The van der Waals surface area contributed by atoms with Crippen LogP contribution in [0.25, 0.3) is 27.8 Å². The molecule has 0 bridgehead atoms. The molecule has 2 aromatic carbocycles. The molecule has 0 aliphatic rings. The van der Waals surface area contributed by atoms with Crippen molar-refractivity contribution < 1.29 is 0 Å². The first-order valence-corrected chi connectivity index (χ1v) is 10.1. The molecule has 0 unspecified atom stereocenters. The van der Waals surface area contributed by atoms with Gasteiger partial charge in [-0.05, 0) is 56.9 Å². The van der Waals surface area contributed by atoms with Gasteiger partial charge in [-0.1, -0.05) is 41.9 Å². The third kappa shape index (κ3) is 4.26. The molecular weight excluding hydrogens is 382 g/mol. The summed E-state index contributed by atoms with van der Waals surface area (Å²) in [5.41, 5.74) is 4.12. The lowest BCUT2D eigenvalue weighted by Crippen LogP contribution is -2.16. The van der Waals surface area contributed by atoms with E-state index in [1.54, 1.807) is 6.33 Å². The van der Waals surface area contributed by atoms with E-state index in [1.807, 2.05) is 30.3 Å². The number of anilines is 1. The van der Waals surface area contributed by atoms with E-state index in [-0.39, 0.29) is 0 Å². The minimum absolute atomic E-state index is 0.714. The molecule has 5 nitrogen and oxygen atoms in total. The number of nitrogens with one attached hydrogen (secondary N) is 1. The van der Waals surface area contributed by atoms with Gasteiger partial charge in [0.1, 0.15) is 12.1 Å². The lowest BCUT2D eigenvalue weighted by Gasteiger charge is -2.11. The van der Waals surface area contributed by atoms with Gasteiger partial charge in [0.15, 0.2) is 5.65 Å². The van der Waals surface area contributed by atoms with E-state index in [2.05, 4.69) is 69.3 Å². The molecule has 2 heterocycles. The highest BCUT2D eigenvalue weighted by Crippen LogP contribution is 2.35. The molecule has 6 heteroatoms. The Morgan fingerprint density at radius 3 is 2.48 bits per heavy atom. The molecule has 0 spiro atoms. The molecule has 4 rings (SSSR count). The molecule has 0 fully saturated rings. The zero-order valence-corrected chi connectivity index (χ0v) is 17.4. The second-order valence-electron chi connectivity index (χ2n) is 7.26. The van der Waals surface area contributed by atoms with E-state index in [0.717, 1.165) is 53.2 Å². The first-order valence-electron chi connectivity index (χ1n) is 9.69. The topological polar surface area (TPSA) is 46.0 Å². The van der Waals surface area contributed by atoms with Crippen LogP contribution >= 0.6 is 11.6 Å². The SMILES string of the molecule is CN(C)CCCNc1ncnc2c1c(-c1ccccc1)cn2-c1ccc(Cl)cc1. The smallest absolute Gasteiger partial charge is 0.150 e. The standard InChI is InChI=1S/C23H24ClN5/c1-28(2)14-6-13-25-22-21-20(17-7-4-3-5-8-17)15-29(23(21)27-16-26-22)19-11-9-18(24)10-12-19/h3-5,7-12,15-16H,6,13-14H2,1-2H3,(H,25,26,27). The number of aromatic nitrogens is 3. The number of nitrogens with zero attached hydrogens (tertiary/aromatic N) is 4. The molecule has 1 N–H and O–H groups in total. The fourth-order valence-electron chi connectivity index (χ4n) is 3.43. The van der Waals surface area contributed by atoms with Gasteiger partial charge < -0.3 is 14.8 Å². The van der Waals surface area contributed by atoms with Crippen LogP contribution in [0.4, 0.5) is 5.82 Å². The summed E-state index contributed by atoms with van der Waals surface area (Å²) < 4.78 is 2.10. The monoisotopic (exact) mass is 405 g/mol. The summed E-state index contributed by atoms with van der Waals surface area (Å²) in [6, 6.07) is 18.2. The maximum absolute atomic E-state index is 6.09. The van der Waals surface area contributed by atoms with Gasteiger partial charge in [0, 0.05) is 29.0 Å².